The zero-order valence-corrected chi connectivity index (χ0v) is 12.9. The van der Waals surface area contributed by atoms with Crippen LogP contribution >= 0.6 is 0 Å². The topological polar surface area (TPSA) is 78.7 Å². The van der Waals surface area contributed by atoms with Gasteiger partial charge in [0.25, 0.3) is 0 Å². The van der Waals surface area contributed by atoms with Crippen LogP contribution in [0, 0.1) is 6.92 Å². The molecule has 0 saturated carbocycles. The molecule has 3 atom stereocenters. The van der Waals surface area contributed by atoms with Crippen molar-refractivity contribution in [3.63, 3.8) is 0 Å². The van der Waals surface area contributed by atoms with Crippen LogP contribution in [-0.2, 0) is 25.5 Å². The van der Waals surface area contributed by atoms with E-state index in [1.807, 2.05) is 6.92 Å². The molecule has 0 spiro atoms. The molecule has 2 heterocycles. The van der Waals surface area contributed by atoms with E-state index in [2.05, 4.69) is 10.3 Å². The number of ether oxygens (including phenoxy) is 3. The first-order chi connectivity index (χ1) is 10.1. The molecule has 1 saturated heterocycles. The lowest BCUT2D eigenvalue weighted by Crippen LogP contribution is -2.58. The van der Waals surface area contributed by atoms with E-state index in [0.717, 1.165) is 5.69 Å². The van der Waals surface area contributed by atoms with E-state index in [4.69, 9.17) is 14.2 Å². The standard InChI is InChI=1S/C13H22N4O4/c1-9-5-17(15-14-9)6-12(18)16(2)10-7-21-8-11(19-3)13(10)20-4/h5,10-11,13H,6-8H2,1-4H3/t10-,11-,13+/m1/s1. The van der Waals surface area contributed by atoms with Crippen molar-refractivity contribution in [3.8, 4) is 0 Å². The maximum atomic E-state index is 12.4. The average molecular weight is 298 g/mol. The smallest absolute Gasteiger partial charge is 0.244 e. The second-order valence-corrected chi connectivity index (χ2v) is 5.14. The van der Waals surface area contributed by atoms with Crippen molar-refractivity contribution in [2.24, 2.45) is 0 Å². The highest BCUT2D eigenvalue weighted by Gasteiger charge is 2.38. The molecular weight excluding hydrogens is 276 g/mol. The third-order valence-electron chi connectivity index (χ3n) is 3.73. The van der Waals surface area contributed by atoms with Gasteiger partial charge in [0.1, 0.15) is 18.8 Å². The Labute approximate surface area is 123 Å². The third kappa shape index (κ3) is 3.58. The first-order valence-electron chi connectivity index (χ1n) is 6.82. The van der Waals surface area contributed by atoms with Gasteiger partial charge in [-0.25, -0.2) is 4.68 Å². The summed E-state index contributed by atoms with van der Waals surface area (Å²) in [6.07, 6.45) is 1.34. The van der Waals surface area contributed by atoms with Crippen LogP contribution in [-0.4, -0.2) is 78.5 Å². The number of methoxy groups -OCH3 is 2. The highest BCUT2D eigenvalue weighted by Crippen LogP contribution is 2.19. The zero-order valence-electron chi connectivity index (χ0n) is 12.9. The van der Waals surface area contributed by atoms with E-state index in [9.17, 15) is 4.79 Å². The molecule has 1 aromatic rings. The summed E-state index contributed by atoms with van der Waals surface area (Å²) in [5.41, 5.74) is 0.778. The first-order valence-corrected chi connectivity index (χ1v) is 6.82. The third-order valence-corrected chi connectivity index (χ3v) is 3.73. The van der Waals surface area contributed by atoms with Crippen LogP contribution in [0.2, 0.25) is 0 Å². The van der Waals surface area contributed by atoms with Crippen molar-refractivity contribution in [2.75, 3.05) is 34.5 Å². The lowest BCUT2D eigenvalue weighted by molar-refractivity contribution is -0.165. The van der Waals surface area contributed by atoms with Gasteiger partial charge in [0.2, 0.25) is 5.91 Å². The molecule has 0 aliphatic carbocycles. The van der Waals surface area contributed by atoms with Crippen molar-refractivity contribution in [1.82, 2.24) is 19.9 Å². The van der Waals surface area contributed by atoms with Gasteiger partial charge < -0.3 is 19.1 Å². The monoisotopic (exact) mass is 298 g/mol. The number of aromatic nitrogens is 3. The maximum absolute atomic E-state index is 12.4. The lowest BCUT2D eigenvalue weighted by atomic mass is 10.0. The molecule has 0 N–H and O–H groups in total. The van der Waals surface area contributed by atoms with Crippen LogP contribution in [0.15, 0.2) is 6.20 Å². The predicted molar refractivity (Wildman–Crippen MR) is 73.7 cm³/mol. The summed E-state index contributed by atoms with van der Waals surface area (Å²) in [7, 11) is 4.97. The number of amides is 1. The molecule has 8 heteroatoms. The van der Waals surface area contributed by atoms with Crippen molar-refractivity contribution in [3.05, 3.63) is 11.9 Å². The fraction of sp³-hybridized carbons (Fsp3) is 0.769. The minimum Gasteiger partial charge on any atom is -0.376 e. The van der Waals surface area contributed by atoms with Crippen LogP contribution in [0.25, 0.3) is 0 Å². The zero-order chi connectivity index (χ0) is 15.4. The lowest BCUT2D eigenvalue weighted by Gasteiger charge is -2.40. The minimum atomic E-state index is -0.213. The molecule has 1 aliphatic rings. The number of aryl methyl sites for hydroxylation is 1. The fourth-order valence-electron chi connectivity index (χ4n) is 2.49. The number of carbonyl (C=O) groups is 1. The van der Waals surface area contributed by atoms with Gasteiger partial charge in [-0.2, -0.15) is 0 Å². The van der Waals surface area contributed by atoms with Crippen molar-refractivity contribution in [2.45, 2.75) is 31.7 Å². The quantitative estimate of drug-likeness (QED) is 0.727. The summed E-state index contributed by atoms with van der Waals surface area (Å²) in [5, 5.41) is 7.76. The van der Waals surface area contributed by atoms with E-state index in [1.54, 1.807) is 32.4 Å². The molecule has 118 valence electrons. The molecule has 0 radical (unpaired) electrons. The number of hydrogen-bond acceptors (Lipinski definition) is 6. The van der Waals surface area contributed by atoms with Crippen LogP contribution in [0.1, 0.15) is 5.69 Å². The summed E-state index contributed by atoms with van der Waals surface area (Å²) < 4.78 is 17.9. The normalized spacial score (nSPS) is 25.8. The van der Waals surface area contributed by atoms with Gasteiger partial charge in [-0.05, 0) is 6.92 Å². The number of likely N-dealkylation sites (N-methyl/N-ethyl adjacent to an activating group) is 1. The Kier molecular flexibility index (Phi) is 5.27. The Bertz CT molecular complexity index is 478. The highest BCUT2D eigenvalue weighted by atomic mass is 16.6. The van der Waals surface area contributed by atoms with Gasteiger partial charge in [-0.1, -0.05) is 5.21 Å². The Morgan fingerprint density at radius 2 is 2.24 bits per heavy atom. The molecule has 1 aromatic heterocycles. The molecule has 1 amide bonds. The number of nitrogens with zero attached hydrogens (tertiary/aromatic N) is 4. The van der Waals surface area contributed by atoms with Crippen LogP contribution in [0.4, 0.5) is 0 Å². The fourth-order valence-corrected chi connectivity index (χ4v) is 2.49. The SMILES string of the molecule is CO[C@H]1[C@H](N(C)C(=O)Cn2cc(C)nn2)COC[C@H]1OC. The van der Waals surface area contributed by atoms with Gasteiger partial charge in [0.15, 0.2) is 0 Å². The van der Waals surface area contributed by atoms with Crippen molar-refractivity contribution < 1.29 is 19.0 Å². The van der Waals surface area contributed by atoms with Crippen LogP contribution < -0.4 is 0 Å². The molecule has 8 nitrogen and oxygen atoms in total. The van der Waals surface area contributed by atoms with Crippen LogP contribution in [0.5, 0.6) is 0 Å². The molecule has 0 unspecified atom stereocenters. The molecular formula is C13H22N4O4. The number of rotatable bonds is 5. The summed E-state index contributed by atoms with van der Waals surface area (Å²) in [5.74, 6) is -0.0766. The average Bonchev–Trinajstić information content (AvgIpc) is 2.90. The van der Waals surface area contributed by atoms with Crippen molar-refractivity contribution in [1.29, 1.82) is 0 Å². The Hall–Kier alpha value is -1.51. The van der Waals surface area contributed by atoms with Gasteiger partial charge in [-0.3, -0.25) is 4.79 Å². The van der Waals surface area contributed by atoms with Gasteiger partial charge in [0, 0.05) is 27.5 Å². The maximum Gasteiger partial charge on any atom is 0.244 e. The first kappa shape index (κ1) is 15.9. The van der Waals surface area contributed by atoms with E-state index in [1.165, 1.54) is 4.68 Å². The van der Waals surface area contributed by atoms with Gasteiger partial charge >= 0.3 is 0 Å². The number of carbonyl (C=O) groups excluding carboxylic acids is 1. The predicted octanol–water partition coefficient (Wildman–Crippen LogP) is -0.526. The highest BCUT2D eigenvalue weighted by molar-refractivity contribution is 5.76. The summed E-state index contributed by atoms with van der Waals surface area (Å²) in [6.45, 7) is 2.87. The summed E-state index contributed by atoms with van der Waals surface area (Å²) >= 11 is 0. The van der Waals surface area contributed by atoms with E-state index >= 15 is 0 Å². The number of hydrogen-bond donors (Lipinski definition) is 0. The van der Waals surface area contributed by atoms with Crippen LogP contribution in [0.3, 0.4) is 0 Å². The largest absolute Gasteiger partial charge is 0.376 e. The molecule has 1 fully saturated rings. The van der Waals surface area contributed by atoms with Gasteiger partial charge in [-0.15, -0.1) is 5.10 Å². The van der Waals surface area contributed by atoms with E-state index in [0.29, 0.717) is 13.2 Å². The molecule has 21 heavy (non-hydrogen) atoms. The van der Waals surface area contributed by atoms with E-state index in [-0.39, 0.29) is 30.7 Å². The summed E-state index contributed by atoms with van der Waals surface area (Å²) in [6, 6.07) is -0.189. The Balaban J connectivity index is 2.03. The molecule has 0 aromatic carbocycles. The van der Waals surface area contributed by atoms with Gasteiger partial charge in [0.05, 0.1) is 24.9 Å². The minimum absolute atomic E-state index is 0.0766. The second kappa shape index (κ2) is 6.97. The van der Waals surface area contributed by atoms with Crippen molar-refractivity contribution >= 4 is 5.91 Å². The van der Waals surface area contributed by atoms with E-state index < -0.39 is 0 Å². The second-order valence-electron chi connectivity index (χ2n) is 5.14. The summed E-state index contributed by atoms with van der Waals surface area (Å²) in [4.78, 5) is 14.0. The molecule has 0 bridgehead atoms. The Morgan fingerprint density at radius 1 is 1.48 bits per heavy atom. The Morgan fingerprint density at radius 3 is 2.81 bits per heavy atom. The molecule has 2 rings (SSSR count). The molecule has 1 aliphatic heterocycles.